The average molecular weight is 422 g/mol. The van der Waals surface area contributed by atoms with E-state index < -0.39 is 0 Å². The Balaban J connectivity index is 1.47. The largest absolute Gasteiger partial charge is 0.486 e. The first kappa shape index (κ1) is 19.9. The van der Waals surface area contributed by atoms with E-state index in [0.717, 1.165) is 48.7 Å². The van der Waals surface area contributed by atoms with Crippen LogP contribution in [0.25, 0.3) is 11.3 Å². The molecule has 0 amide bonds. The number of rotatable bonds is 4. The van der Waals surface area contributed by atoms with Gasteiger partial charge in [0.05, 0.1) is 24.1 Å². The predicted molar refractivity (Wildman–Crippen MR) is 122 cm³/mol. The van der Waals surface area contributed by atoms with Gasteiger partial charge in [0, 0.05) is 30.9 Å². The van der Waals surface area contributed by atoms with Gasteiger partial charge in [-0.1, -0.05) is 6.07 Å². The van der Waals surface area contributed by atoms with Gasteiger partial charge in [-0.2, -0.15) is 0 Å². The zero-order valence-electron chi connectivity index (χ0n) is 18.2. The SMILES string of the molecule is CC(C)N1CCOc2c(F)cc(-c3cnc(Nc4ccc5c(c4)CNCC5)n3C)cc21. The maximum absolute atomic E-state index is 14.9. The summed E-state index contributed by atoms with van der Waals surface area (Å²) >= 11 is 0. The molecule has 7 heteroatoms. The molecule has 0 saturated heterocycles. The molecular weight excluding hydrogens is 393 g/mol. The summed E-state index contributed by atoms with van der Waals surface area (Å²) in [5.41, 5.74) is 6.14. The highest BCUT2D eigenvalue weighted by Crippen LogP contribution is 2.39. The number of nitrogens with one attached hydrogen (secondary N) is 2. The van der Waals surface area contributed by atoms with E-state index in [2.05, 4.69) is 52.6 Å². The third-order valence-corrected chi connectivity index (χ3v) is 6.17. The second-order valence-electron chi connectivity index (χ2n) is 8.50. The molecule has 0 atom stereocenters. The first-order chi connectivity index (χ1) is 15.0. The molecule has 0 unspecified atom stereocenters. The number of ether oxygens (including phenoxy) is 1. The van der Waals surface area contributed by atoms with Crippen molar-refractivity contribution in [1.29, 1.82) is 0 Å². The van der Waals surface area contributed by atoms with Gasteiger partial charge in [0.2, 0.25) is 5.95 Å². The summed E-state index contributed by atoms with van der Waals surface area (Å²) in [6.07, 6.45) is 2.84. The van der Waals surface area contributed by atoms with E-state index in [0.29, 0.717) is 18.3 Å². The number of benzene rings is 2. The Labute approximate surface area is 182 Å². The van der Waals surface area contributed by atoms with Gasteiger partial charge in [0.25, 0.3) is 0 Å². The van der Waals surface area contributed by atoms with Crippen LogP contribution in [0.4, 0.5) is 21.7 Å². The molecule has 162 valence electrons. The fourth-order valence-corrected chi connectivity index (χ4v) is 4.47. The summed E-state index contributed by atoms with van der Waals surface area (Å²) in [7, 11) is 1.94. The van der Waals surface area contributed by atoms with Crippen molar-refractivity contribution in [3.63, 3.8) is 0 Å². The normalized spacial score (nSPS) is 15.5. The number of hydrogen-bond acceptors (Lipinski definition) is 5. The molecular formula is C24H28FN5O. The predicted octanol–water partition coefficient (Wildman–Crippen LogP) is 4.22. The Bertz CT molecular complexity index is 1120. The molecule has 1 aromatic heterocycles. The lowest BCUT2D eigenvalue weighted by Crippen LogP contribution is -2.38. The molecule has 3 aromatic rings. The van der Waals surface area contributed by atoms with Crippen LogP contribution >= 0.6 is 0 Å². The third-order valence-electron chi connectivity index (χ3n) is 6.17. The zero-order chi connectivity index (χ0) is 21.5. The van der Waals surface area contributed by atoms with Crippen LogP contribution in [0.3, 0.4) is 0 Å². The van der Waals surface area contributed by atoms with Crippen LogP contribution in [0.15, 0.2) is 36.5 Å². The molecule has 0 spiro atoms. The summed E-state index contributed by atoms with van der Waals surface area (Å²) < 4.78 is 22.5. The Morgan fingerprint density at radius 3 is 2.90 bits per heavy atom. The molecule has 2 aliphatic heterocycles. The molecule has 0 bridgehead atoms. The monoisotopic (exact) mass is 421 g/mol. The number of hydrogen-bond donors (Lipinski definition) is 2. The van der Waals surface area contributed by atoms with Crippen LogP contribution < -0.4 is 20.3 Å². The number of nitrogens with zero attached hydrogens (tertiary/aromatic N) is 3. The molecule has 6 nitrogen and oxygen atoms in total. The van der Waals surface area contributed by atoms with Crippen molar-refractivity contribution in [3.05, 3.63) is 53.5 Å². The van der Waals surface area contributed by atoms with Crippen LogP contribution in [0, 0.1) is 5.82 Å². The molecule has 31 heavy (non-hydrogen) atoms. The quantitative estimate of drug-likeness (QED) is 0.661. The summed E-state index contributed by atoms with van der Waals surface area (Å²) in [5.74, 6) is 0.719. The summed E-state index contributed by atoms with van der Waals surface area (Å²) in [5, 5.41) is 6.82. The van der Waals surface area contributed by atoms with Crippen molar-refractivity contribution >= 4 is 17.3 Å². The minimum Gasteiger partial charge on any atom is -0.486 e. The average Bonchev–Trinajstić information content (AvgIpc) is 3.13. The van der Waals surface area contributed by atoms with Crippen molar-refractivity contribution in [1.82, 2.24) is 14.9 Å². The number of halogens is 1. The maximum atomic E-state index is 14.9. The van der Waals surface area contributed by atoms with E-state index in [4.69, 9.17) is 4.74 Å². The van der Waals surface area contributed by atoms with Gasteiger partial charge >= 0.3 is 0 Å². The molecule has 2 N–H and O–H groups in total. The van der Waals surface area contributed by atoms with E-state index in [-0.39, 0.29) is 11.9 Å². The number of anilines is 3. The highest BCUT2D eigenvalue weighted by molar-refractivity contribution is 5.73. The molecule has 0 fully saturated rings. The van der Waals surface area contributed by atoms with Gasteiger partial charge in [0.15, 0.2) is 11.6 Å². The van der Waals surface area contributed by atoms with Gasteiger partial charge < -0.3 is 24.8 Å². The standard InChI is InChI=1S/C24H28FN5O/c1-15(2)30-8-9-31-23-20(25)11-17(12-21(23)30)22-14-27-24(29(22)3)28-19-5-4-16-6-7-26-13-18(16)10-19/h4-5,10-12,14-15,26H,6-9,13H2,1-3H3,(H,27,28). The molecule has 2 aromatic carbocycles. The third kappa shape index (κ3) is 3.63. The van der Waals surface area contributed by atoms with Crippen molar-refractivity contribution in [2.24, 2.45) is 7.05 Å². The fraction of sp³-hybridized carbons (Fsp3) is 0.375. The summed E-state index contributed by atoms with van der Waals surface area (Å²) in [6.45, 7) is 7.38. The van der Waals surface area contributed by atoms with E-state index in [1.165, 1.54) is 17.2 Å². The first-order valence-corrected chi connectivity index (χ1v) is 10.9. The number of imidazole rings is 1. The molecule has 3 heterocycles. The Morgan fingerprint density at radius 1 is 1.19 bits per heavy atom. The highest BCUT2D eigenvalue weighted by atomic mass is 19.1. The van der Waals surface area contributed by atoms with E-state index >= 15 is 0 Å². The van der Waals surface area contributed by atoms with Crippen LogP contribution in [0.2, 0.25) is 0 Å². The minimum absolute atomic E-state index is 0.263. The summed E-state index contributed by atoms with van der Waals surface area (Å²) in [4.78, 5) is 6.75. The summed E-state index contributed by atoms with van der Waals surface area (Å²) in [6, 6.07) is 10.2. The Hall–Kier alpha value is -3.06. The lowest BCUT2D eigenvalue weighted by molar-refractivity contribution is 0.287. The fourth-order valence-electron chi connectivity index (χ4n) is 4.47. The molecule has 5 rings (SSSR count). The second-order valence-corrected chi connectivity index (χ2v) is 8.50. The van der Waals surface area contributed by atoms with E-state index in [1.807, 2.05) is 17.7 Å². The van der Waals surface area contributed by atoms with Crippen LogP contribution in [0.1, 0.15) is 25.0 Å². The van der Waals surface area contributed by atoms with Crippen LogP contribution in [0.5, 0.6) is 5.75 Å². The van der Waals surface area contributed by atoms with Crippen molar-refractivity contribution < 1.29 is 9.13 Å². The van der Waals surface area contributed by atoms with E-state index in [1.54, 1.807) is 6.20 Å². The van der Waals surface area contributed by atoms with Crippen molar-refractivity contribution in [3.8, 4) is 17.0 Å². The smallest absolute Gasteiger partial charge is 0.207 e. The van der Waals surface area contributed by atoms with Crippen LogP contribution in [-0.2, 0) is 20.0 Å². The van der Waals surface area contributed by atoms with E-state index in [9.17, 15) is 4.39 Å². The second kappa shape index (κ2) is 7.89. The molecule has 2 aliphatic rings. The van der Waals surface area contributed by atoms with Crippen LogP contribution in [-0.4, -0.2) is 35.3 Å². The van der Waals surface area contributed by atoms with Gasteiger partial charge in [-0.25, -0.2) is 9.37 Å². The minimum atomic E-state index is -0.337. The number of aromatic nitrogens is 2. The van der Waals surface area contributed by atoms with Crippen molar-refractivity contribution in [2.75, 3.05) is 29.9 Å². The molecule has 0 saturated carbocycles. The maximum Gasteiger partial charge on any atom is 0.207 e. The van der Waals surface area contributed by atoms with Gasteiger partial charge in [-0.3, -0.25) is 0 Å². The number of fused-ring (bicyclic) bond motifs is 2. The Morgan fingerprint density at radius 2 is 2.06 bits per heavy atom. The highest BCUT2D eigenvalue weighted by Gasteiger charge is 2.25. The van der Waals surface area contributed by atoms with Gasteiger partial charge in [-0.15, -0.1) is 0 Å². The molecule has 0 radical (unpaired) electrons. The lowest BCUT2D eigenvalue weighted by Gasteiger charge is -2.34. The van der Waals surface area contributed by atoms with Gasteiger partial charge in [-0.05, 0) is 62.2 Å². The zero-order valence-corrected chi connectivity index (χ0v) is 18.2. The molecule has 0 aliphatic carbocycles. The van der Waals surface area contributed by atoms with Crippen molar-refractivity contribution in [2.45, 2.75) is 32.9 Å². The topological polar surface area (TPSA) is 54.4 Å². The van der Waals surface area contributed by atoms with Gasteiger partial charge in [0.1, 0.15) is 6.61 Å². The Kier molecular flexibility index (Phi) is 5.06. The first-order valence-electron chi connectivity index (χ1n) is 10.9. The lowest BCUT2D eigenvalue weighted by atomic mass is 10.0.